The number of carbonyl (C=O) groups excluding carboxylic acids is 1. The van der Waals surface area contributed by atoms with Crippen LogP contribution >= 0.6 is 0 Å². The molecule has 3 nitrogen and oxygen atoms in total. The van der Waals surface area contributed by atoms with E-state index in [1.807, 2.05) is 43.3 Å². The number of carbonyl (C=O) groups is 1. The fourth-order valence-electron chi connectivity index (χ4n) is 2.25. The van der Waals surface area contributed by atoms with Crippen molar-refractivity contribution in [2.24, 2.45) is 0 Å². The predicted octanol–water partition coefficient (Wildman–Crippen LogP) is 3.28. The highest BCUT2D eigenvalue weighted by Gasteiger charge is 2.27. The summed E-state index contributed by atoms with van der Waals surface area (Å²) in [7, 11) is 0. The number of hydrogen-bond donors (Lipinski definition) is 1. The van der Waals surface area contributed by atoms with E-state index >= 15 is 0 Å². The van der Waals surface area contributed by atoms with Gasteiger partial charge in [-0.25, -0.2) is 0 Å². The Labute approximate surface area is 118 Å². The van der Waals surface area contributed by atoms with E-state index < -0.39 is 6.10 Å². The van der Waals surface area contributed by atoms with Gasteiger partial charge in [-0.3, -0.25) is 4.79 Å². The Morgan fingerprint density at radius 1 is 1.25 bits per heavy atom. The van der Waals surface area contributed by atoms with Gasteiger partial charge in [0.1, 0.15) is 5.75 Å². The highest BCUT2D eigenvalue weighted by Crippen LogP contribution is 2.23. The van der Waals surface area contributed by atoms with Crippen LogP contribution in [0.25, 0.3) is 10.8 Å². The number of fused-ring (bicyclic) bond motifs is 1. The number of benzene rings is 2. The van der Waals surface area contributed by atoms with Crippen molar-refractivity contribution in [2.45, 2.75) is 38.3 Å². The molecule has 3 rings (SSSR count). The van der Waals surface area contributed by atoms with Crippen molar-refractivity contribution in [1.82, 2.24) is 5.32 Å². The molecule has 0 saturated heterocycles. The van der Waals surface area contributed by atoms with E-state index in [2.05, 4.69) is 11.4 Å². The maximum atomic E-state index is 12.1. The molecule has 0 heterocycles. The summed E-state index contributed by atoms with van der Waals surface area (Å²) in [6, 6.07) is 14.4. The van der Waals surface area contributed by atoms with Gasteiger partial charge < -0.3 is 10.1 Å². The summed E-state index contributed by atoms with van der Waals surface area (Å²) in [5.41, 5.74) is 0. The Balaban J connectivity index is 1.74. The number of ether oxygens (including phenoxy) is 1. The smallest absolute Gasteiger partial charge is 0.261 e. The molecule has 0 bridgehead atoms. The minimum absolute atomic E-state index is 0.00292. The van der Waals surface area contributed by atoms with E-state index in [0.717, 1.165) is 24.0 Å². The zero-order valence-corrected chi connectivity index (χ0v) is 11.6. The summed E-state index contributed by atoms with van der Waals surface area (Å²) in [5, 5.41) is 5.30. The van der Waals surface area contributed by atoms with E-state index in [9.17, 15) is 4.79 Å². The Hall–Kier alpha value is -2.03. The average Bonchev–Trinajstić information content (AvgIpc) is 3.28. The van der Waals surface area contributed by atoms with Crippen molar-refractivity contribution in [3.05, 3.63) is 42.5 Å². The Bertz CT molecular complexity index is 619. The molecule has 3 heteroatoms. The molecule has 20 heavy (non-hydrogen) atoms. The third-order valence-electron chi connectivity index (χ3n) is 3.59. The van der Waals surface area contributed by atoms with Crippen LogP contribution in [-0.2, 0) is 4.79 Å². The van der Waals surface area contributed by atoms with E-state index in [-0.39, 0.29) is 5.91 Å². The molecular weight excluding hydrogens is 250 g/mol. The molecule has 1 amide bonds. The number of hydrogen-bond acceptors (Lipinski definition) is 2. The third kappa shape index (κ3) is 2.93. The summed E-state index contributed by atoms with van der Waals surface area (Å²) in [4.78, 5) is 12.1. The van der Waals surface area contributed by atoms with Crippen LogP contribution in [0.1, 0.15) is 26.2 Å². The first-order chi connectivity index (χ1) is 9.76. The first-order valence-electron chi connectivity index (χ1n) is 7.22. The Morgan fingerprint density at radius 3 is 2.70 bits per heavy atom. The minimum Gasteiger partial charge on any atom is -0.481 e. The van der Waals surface area contributed by atoms with E-state index in [1.54, 1.807) is 0 Å². The SMILES string of the molecule is CC[C@@H](Oc1ccc2ccccc2c1)C(=O)NC1CC1. The number of rotatable bonds is 5. The van der Waals surface area contributed by atoms with Gasteiger partial charge in [-0.1, -0.05) is 37.3 Å². The second kappa shape index (κ2) is 5.53. The monoisotopic (exact) mass is 269 g/mol. The van der Waals surface area contributed by atoms with Crippen molar-refractivity contribution in [2.75, 3.05) is 0 Å². The van der Waals surface area contributed by atoms with Crippen molar-refractivity contribution < 1.29 is 9.53 Å². The van der Waals surface area contributed by atoms with Crippen molar-refractivity contribution in [3.63, 3.8) is 0 Å². The van der Waals surface area contributed by atoms with Gasteiger partial charge >= 0.3 is 0 Å². The van der Waals surface area contributed by atoms with Crippen LogP contribution in [0.5, 0.6) is 5.75 Å². The largest absolute Gasteiger partial charge is 0.481 e. The van der Waals surface area contributed by atoms with Crippen LogP contribution in [0.3, 0.4) is 0 Å². The second-order valence-electron chi connectivity index (χ2n) is 5.31. The standard InChI is InChI=1S/C17H19NO2/c1-2-16(17(19)18-14-8-9-14)20-15-10-7-12-5-3-4-6-13(12)11-15/h3-7,10-11,14,16H,2,8-9H2,1H3,(H,18,19)/t16-/m1/s1. The van der Waals surface area contributed by atoms with Crippen molar-refractivity contribution >= 4 is 16.7 Å². The van der Waals surface area contributed by atoms with Gasteiger partial charge in [0.2, 0.25) is 0 Å². The molecule has 104 valence electrons. The molecule has 0 spiro atoms. The van der Waals surface area contributed by atoms with E-state index in [4.69, 9.17) is 4.74 Å². The molecule has 0 unspecified atom stereocenters. The topological polar surface area (TPSA) is 38.3 Å². The summed E-state index contributed by atoms with van der Waals surface area (Å²) < 4.78 is 5.85. The van der Waals surface area contributed by atoms with Crippen LogP contribution in [0.2, 0.25) is 0 Å². The lowest BCUT2D eigenvalue weighted by molar-refractivity contribution is -0.128. The highest BCUT2D eigenvalue weighted by atomic mass is 16.5. The van der Waals surface area contributed by atoms with Gasteiger partial charge in [0.05, 0.1) is 0 Å². The first kappa shape index (κ1) is 13.0. The van der Waals surface area contributed by atoms with Crippen LogP contribution in [0.4, 0.5) is 0 Å². The van der Waals surface area contributed by atoms with Crippen molar-refractivity contribution in [3.8, 4) is 5.75 Å². The first-order valence-corrected chi connectivity index (χ1v) is 7.22. The molecule has 1 N–H and O–H groups in total. The highest BCUT2D eigenvalue weighted by molar-refractivity contribution is 5.84. The molecule has 1 aliphatic carbocycles. The fourth-order valence-corrected chi connectivity index (χ4v) is 2.25. The third-order valence-corrected chi connectivity index (χ3v) is 3.59. The van der Waals surface area contributed by atoms with Crippen molar-refractivity contribution in [1.29, 1.82) is 0 Å². The molecule has 1 fully saturated rings. The zero-order chi connectivity index (χ0) is 13.9. The van der Waals surface area contributed by atoms with E-state index in [0.29, 0.717) is 12.5 Å². The van der Waals surface area contributed by atoms with Crippen LogP contribution in [-0.4, -0.2) is 18.1 Å². The second-order valence-corrected chi connectivity index (χ2v) is 5.31. The van der Waals surface area contributed by atoms with Gasteiger partial charge in [0.15, 0.2) is 6.10 Å². The zero-order valence-electron chi connectivity index (χ0n) is 11.6. The summed E-state index contributed by atoms with van der Waals surface area (Å²) in [6.45, 7) is 1.97. The van der Waals surface area contributed by atoms with Gasteiger partial charge in [0, 0.05) is 6.04 Å². The molecule has 0 aliphatic heterocycles. The summed E-state index contributed by atoms with van der Waals surface area (Å²) in [5.74, 6) is 0.754. The van der Waals surface area contributed by atoms with Gasteiger partial charge in [-0.15, -0.1) is 0 Å². The molecule has 1 aliphatic rings. The Kier molecular flexibility index (Phi) is 3.59. The molecular formula is C17H19NO2. The maximum absolute atomic E-state index is 12.1. The predicted molar refractivity (Wildman–Crippen MR) is 79.8 cm³/mol. The van der Waals surface area contributed by atoms with Gasteiger partial charge in [-0.2, -0.15) is 0 Å². The quantitative estimate of drug-likeness (QED) is 0.904. The lowest BCUT2D eigenvalue weighted by Crippen LogP contribution is -2.39. The maximum Gasteiger partial charge on any atom is 0.261 e. The van der Waals surface area contributed by atoms with E-state index in [1.165, 1.54) is 5.39 Å². The van der Waals surface area contributed by atoms with Gasteiger partial charge in [0.25, 0.3) is 5.91 Å². The molecule has 0 aromatic heterocycles. The summed E-state index contributed by atoms with van der Waals surface area (Å²) in [6.07, 6.45) is 2.46. The Morgan fingerprint density at radius 2 is 2.00 bits per heavy atom. The minimum atomic E-state index is -0.406. The normalized spacial score (nSPS) is 15.8. The number of amides is 1. The average molecular weight is 269 g/mol. The van der Waals surface area contributed by atoms with Crippen LogP contribution in [0.15, 0.2) is 42.5 Å². The van der Waals surface area contributed by atoms with Crippen LogP contribution in [0, 0.1) is 0 Å². The van der Waals surface area contributed by atoms with Gasteiger partial charge in [-0.05, 0) is 42.2 Å². The molecule has 1 atom stereocenters. The lowest BCUT2D eigenvalue weighted by Gasteiger charge is -2.17. The summed E-state index contributed by atoms with van der Waals surface area (Å²) >= 11 is 0. The molecule has 1 saturated carbocycles. The molecule has 0 radical (unpaired) electrons. The molecule has 2 aromatic rings. The fraction of sp³-hybridized carbons (Fsp3) is 0.353. The van der Waals surface area contributed by atoms with Crippen LogP contribution < -0.4 is 10.1 Å². The molecule has 2 aromatic carbocycles. The number of nitrogens with one attached hydrogen (secondary N) is 1. The lowest BCUT2D eigenvalue weighted by atomic mass is 10.1.